The Balaban J connectivity index is 0.931. The van der Waals surface area contributed by atoms with Crippen LogP contribution in [0.25, 0.3) is 6.08 Å². The molecule has 0 N–H and O–H groups in total. The molecule has 49 heavy (non-hydrogen) atoms. The number of alkyl halides is 2. The number of hydrogen-bond donors (Lipinski definition) is 0. The van der Waals surface area contributed by atoms with Crippen LogP contribution in [0.5, 0.6) is 0 Å². The predicted octanol–water partition coefficient (Wildman–Crippen LogP) is 5.58. The fourth-order valence-electron chi connectivity index (χ4n) is 8.37. The van der Waals surface area contributed by atoms with Gasteiger partial charge in [-0.2, -0.15) is 5.10 Å². The van der Waals surface area contributed by atoms with Crippen molar-refractivity contribution in [2.24, 2.45) is 0 Å². The number of ether oxygens (including phenoxy) is 2. The van der Waals surface area contributed by atoms with E-state index in [2.05, 4.69) is 38.2 Å². The third kappa shape index (κ3) is 5.96. The summed E-state index contributed by atoms with van der Waals surface area (Å²) in [5.74, 6) is 0.985. The summed E-state index contributed by atoms with van der Waals surface area (Å²) in [7, 11) is 0. The van der Waals surface area contributed by atoms with Crippen LogP contribution < -0.4 is 9.80 Å². The Morgan fingerprint density at radius 2 is 1.82 bits per heavy atom. The molecule has 5 aliphatic heterocycles. The van der Waals surface area contributed by atoms with Gasteiger partial charge in [0.1, 0.15) is 23.7 Å². The van der Waals surface area contributed by atoms with E-state index in [0.29, 0.717) is 43.6 Å². The van der Waals surface area contributed by atoms with Gasteiger partial charge in [-0.25, -0.2) is 18.6 Å². The minimum Gasteiger partial charge on any atom is -0.445 e. The normalized spacial score (nSPS) is 23.8. The Kier molecular flexibility index (Phi) is 8.55. The van der Waals surface area contributed by atoms with Gasteiger partial charge in [-0.3, -0.25) is 9.58 Å². The van der Waals surface area contributed by atoms with E-state index in [9.17, 15) is 13.6 Å². The standard InChI is InChI=1S/C37H45F2N7O3/c1-25-20-40-46(37(2)23-48-24-37)34(25)27-11-13-43(14-12-27)32-19-30-28(33(41-32)35(38)39)9-6-10-29-31(21-45(29)30)42-15-17-44(18-16-42)36(47)49-22-26-7-4-3-5-8-26/h3-9,19-20,27,29,31,35H,10-18,21-24H2,1-2H3/t29-,31+/m0/s1. The van der Waals surface area contributed by atoms with Crippen molar-refractivity contribution in [3.8, 4) is 0 Å². The Labute approximate surface area is 286 Å². The number of aromatic nitrogens is 3. The third-order valence-electron chi connectivity index (χ3n) is 11.2. The summed E-state index contributed by atoms with van der Waals surface area (Å²) in [6.45, 7) is 10.9. The van der Waals surface area contributed by atoms with Gasteiger partial charge in [0.05, 0.1) is 25.1 Å². The molecule has 260 valence electrons. The van der Waals surface area contributed by atoms with Crippen LogP contribution in [0.4, 0.5) is 25.1 Å². The quantitative estimate of drug-likeness (QED) is 0.322. The highest BCUT2D eigenvalue weighted by Gasteiger charge is 2.45. The largest absolute Gasteiger partial charge is 0.445 e. The summed E-state index contributed by atoms with van der Waals surface area (Å²) in [6, 6.07) is 12.2. The van der Waals surface area contributed by atoms with Crippen LogP contribution in [-0.4, -0.2) is 102 Å². The molecule has 12 heteroatoms. The number of carbonyl (C=O) groups excluding carboxylic acids is 1. The van der Waals surface area contributed by atoms with Crippen molar-refractivity contribution in [3.63, 3.8) is 0 Å². The molecule has 0 aliphatic carbocycles. The molecule has 4 saturated heterocycles. The molecule has 0 radical (unpaired) electrons. The Morgan fingerprint density at radius 1 is 1.06 bits per heavy atom. The van der Waals surface area contributed by atoms with Gasteiger partial charge in [0, 0.05) is 81.1 Å². The van der Waals surface area contributed by atoms with Crippen LogP contribution in [0.1, 0.15) is 66.6 Å². The maximum Gasteiger partial charge on any atom is 0.410 e. The van der Waals surface area contributed by atoms with Crippen LogP contribution in [-0.2, 0) is 21.6 Å². The van der Waals surface area contributed by atoms with Gasteiger partial charge in [0.2, 0.25) is 0 Å². The number of amides is 1. The molecule has 4 fully saturated rings. The van der Waals surface area contributed by atoms with Gasteiger partial charge in [-0.1, -0.05) is 42.5 Å². The lowest BCUT2D eigenvalue weighted by molar-refractivity contribution is -0.0976. The van der Waals surface area contributed by atoms with Crippen LogP contribution in [0.15, 0.2) is 48.7 Å². The lowest BCUT2D eigenvalue weighted by atomic mass is 9.89. The Morgan fingerprint density at radius 3 is 2.51 bits per heavy atom. The molecule has 2 aromatic heterocycles. The van der Waals surface area contributed by atoms with E-state index in [1.54, 1.807) is 4.90 Å². The van der Waals surface area contributed by atoms with Crippen molar-refractivity contribution >= 4 is 23.7 Å². The number of pyridine rings is 1. The molecule has 0 saturated carbocycles. The van der Waals surface area contributed by atoms with E-state index >= 15 is 0 Å². The van der Waals surface area contributed by atoms with Crippen molar-refractivity contribution in [1.29, 1.82) is 0 Å². The van der Waals surface area contributed by atoms with Crippen molar-refractivity contribution in [2.45, 2.75) is 69.7 Å². The number of piperazine rings is 1. The van der Waals surface area contributed by atoms with Gasteiger partial charge in [0.15, 0.2) is 0 Å². The van der Waals surface area contributed by atoms with Crippen molar-refractivity contribution in [1.82, 2.24) is 24.6 Å². The van der Waals surface area contributed by atoms with Crippen molar-refractivity contribution in [3.05, 3.63) is 76.7 Å². The molecule has 5 aliphatic rings. The first-order chi connectivity index (χ1) is 23.8. The van der Waals surface area contributed by atoms with E-state index in [1.165, 1.54) is 11.3 Å². The molecule has 1 amide bonds. The third-order valence-corrected chi connectivity index (χ3v) is 11.2. The van der Waals surface area contributed by atoms with Crippen LogP contribution in [0, 0.1) is 6.92 Å². The predicted molar refractivity (Wildman–Crippen MR) is 183 cm³/mol. The van der Waals surface area contributed by atoms with Crippen molar-refractivity contribution in [2.75, 3.05) is 68.8 Å². The number of fused-ring (bicyclic) bond motifs is 3. The van der Waals surface area contributed by atoms with E-state index in [1.807, 2.05) is 54.7 Å². The maximum absolute atomic E-state index is 14.6. The second-order valence-electron chi connectivity index (χ2n) is 14.5. The molecular formula is C37H45F2N7O3. The minimum atomic E-state index is -2.67. The second kappa shape index (κ2) is 13.0. The first-order valence-corrected chi connectivity index (χ1v) is 17.6. The zero-order valence-electron chi connectivity index (χ0n) is 28.3. The highest BCUT2D eigenvalue weighted by Crippen LogP contribution is 2.43. The summed E-state index contributed by atoms with van der Waals surface area (Å²) < 4.78 is 42.4. The molecule has 0 unspecified atom stereocenters. The monoisotopic (exact) mass is 673 g/mol. The molecule has 2 atom stereocenters. The summed E-state index contributed by atoms with van der Waals surface area (Å²) in [5, 5.41) is 4.73. The smallest absolute Gasteiger partial charge is 0.410 e. The van der Waals surface area contributed by atoms with Crippen molar-refractivity contribution < 1.29 is 23.0 Å². The molecular weight excluding hydrogens is 628 g/mol. The van der Waals surface area contributed by atoms with E-state index in [-0.39, 0.29) is 36.0 Å². The Hall–Kier alpha value is -4.03. The minimum absolute atomic E-state index is 0.105. The fourth-order valence-corrected chi connectivity index (χ4v) is 8.37. The Bertz CT molecular complexity index is 1700. The van der Waals surface area contributed by atoms with Crippen LogP contribution in [0.2, 0.25) is 0 Å². The first kappa shape index (κ1) is 32.2. The lowest BCUT2D eigenvalue weighted by Crippen LogP contribution is -2.69. The summed E-state index contributed by atoms with van der Waals surface area (Å²) in [6.07, 6.45) is 5.49. The number of aryl methyl sites for hydroxylation is 1. The number of rotatable bonds is 7. The highest BCUT2D eigenvalue weighted by atomic mass is 19.3. The molecule has 0 bridgehead atoms. The van der Waals surface area contributed by atoms with Gasteiger partial charge in [-0.15, -0.1) is 0 Å². The average molecular weight is 674 g/mol. The van der Waals surface area contributed by atoms with Crippen LogP contribution in [0.3, 0.4) is 0 Å². The zero-order valence-corrected chi connectivity index (χ0v) is 28.3. The fraction of sp³-hybridized carbons (Fsp3) is 0.541. The topological polar surface area (TPSA) is 79.2 Å². The number of hydrogen-bond acceptors (Lipinski definition) is 8. The van der Waals surface area contributed by atoms with E-state index < -0.39 is 6.43 Å². The highest BCUT2D eigenvalue weighted by molar-refractivity contribution is 5.76. The van der Waals surface area contributed by atoms with Gasteiger partial charge in [0.25, 0.3) is 6.43 Å². The number of anilines is 2. The van der Waals surface area contributed by atoms with Gasteiger partial charge < -0.3 is 24.2 Å². The average Bonchev–Trinajstić information content (AvgIpc) is 3.43. The second-order valence-corrected chi connectivity index (χ2v) is 14.5. The number of piperidine rings is 1. The SMILES string of the molecule is Cc1cnn(C2(C)COC2)c1C1CCN(c2cc3c(c(C(F)F)n2)C=CC[C@H]2[C@H](N4CCN(C(=O)OCc5ccccc5)CC4)CN32)CC1. The molecule has 7 heterocycles. The molecule has 0 spiro atoms. The summed E-state index contributed by atoms with van der Waals surface area (Å²) in [5.41, 5.74) is 4.60. The molecule has 8 rings (SSSR count). The number of halogens is 2. The van der Waals surface area contributed by atoms with Crippen LogP contribution >= 0.6 is 0 Å². The molecule has 1 aromatic carbocycles. The number of benzene rings is 1. The number of carbonyl (C=O) groups is 1. The summed E-state index contributed by atoms with van der Waals surface area (Å²) in [4.78, 5) is 26.0. The van der Waals surface area contributed by atoms with E-state index in [4.69, 9.17) is 14.6 Å². The lowest BCUT2D eigenvalue weighted by Gasteiger charge is -2.55. The zero-order chi connectivity index (χ0) is 33.7. The maximum atomic E-state index is 14.6. The van der Waals surface area contributed by atoms with Gasteiger partial charge >= 0.3 is 6.09 Å². The molecule has 10 nitrogen and oxygen atoms in total. The first-order valence-electron chi connectivity index (χ1n) is 17.6. The number of nitrogens with zero attached hydrogens (tertiary/aromatic N) is 7. The summed E-state index contributed by atoms with van der Waals surface area (Å²) >= 11 is 0. The molecule has 3 aromatic rings. The van der Waals surface area contributed by atoms with Gasteiger partial charge in [-0.05, 0) is 44.2 Å². The van der Waals surface area contributed by atoms with E-state index in [0.717, 1.165) is 63.2 Å².